The van der Waals surface area contributed by atoms with E-state index >= 15 is 0 Å². The number of carbonyl (C=O) groups is 1. The molecule has 1 aliphatic carbocycles. The molecule has 1 spiro atoms. The predicted octanol–water partition coefficient (Wildman–Crippen LogP) is 2.33. The van der Waals surface area contributed by atoms with Crippen molar-refractivity contribution >= 4 is 15.9 Å². The van der Waals surface area contributed by atoms with Gasteiger partial charge in [0.25, 0.3) is 0 Å². The number of methoxy groups -OCH3 is 1. The quantitative estimate of drug-likeness (QED) is 0.803. The minimum atomic E-state index is -3.53. The molecule has 1 unspecified atom stereocenters. The van der Waals surface area contributed by atoms with E-state index in [2.05, 4.69) is 5.32 Å². The van der Waals surface area contributed by atoms with Gasteiger partial charge in [-0.15, -0.1) is 0 Å². The van der Waals surface area contributed by atoms with Crippen LogP contribution in [0.4, 0.5) is 0 Å². The van der Waals surface area contributed by atoms with E-state index in [0.717, 1.165) is 31.2 Å². The van der Waals surface area contributed by atoms with Crippen molar-refractivity contribution in [1.82, 2.24) is 9.62 Å². The summed E-state index contributed by atoms with van der Waals surface area (Å²) in [6.07, 6.45) is 5.51. The van der Waals surface area contributed by atoms with Crippen molar-refractivity contribution in [3.63, 3.8) is 0 Å². The average molecular weight is 395 g/mol. The lowest BCUT2D eigenvalue weighted by molar-refractivity contribution is -0.125. The highest BCUT2D eigenvalue weighted by Gasteiger charge is 2.50. The SMILES string of the molecule is COCC(=O)NCC1CN(S(=O)(=O)c2ccccc2C)CC12CCCCC2. The molecule has 1 aromatic carbocycles. The zero-order valence-corrected chi connectivity index (χ0v) is 17.1. The zero-order chi connectivity index (χ0) is 19.5. The molecule has 1 aliphatic heterocycles. The summed E-state index contributed by atoms with van der Waals surface area (Å²) in [6.45, 7) is 3.38. The van der Waals surface area contributed by atoms with Gasteiger partial charge in [0.15, 0.2) is 0 Å². The highest BCUT2D eigenvalue weighted by atomic mass is 32.2. The molecule has 0 radical (unpaired) electrons. The standard InChI is InChI=1S/C20H30N2O4S/c1-16-8-4-5-9-18(16)27(24,25)22-13-17(12-21-19(23)14-26-2)20(15-22)10-6-3-7-11-20/h4-5,8-9,17H,3,6-7,10-15H2,1-2H3,(H,21,23). The van der Waals surface area contributed by atoms with Gasteiger partial charge in [0, 0.05) is 26.7 Å². The van der Waals surface area contributed by atoms with Crippen molar-refractivity contribution in [2.45, 2.75) is 43.9 Å². The van der Waals surface area contributed by atoms with E-state index in [9.17, 15) is 13.2 Å². The summed E-state index contributed by atoms with van der Waals surface area (Å²) in [5, 5.41) is 2.93. The zero-order valence-electron chi connectivity index (χ0n) is 16.2. The lowest BCUT2D eigenvalue weighted by atomic mass is 9.68. The number of hydrogen-bond acceptors (Lipinski definition) is 4. The minimum Gasteiger partial charge on any atom is -0.375 e. The topological polar surface area (TPSA) is 75.7 Å². The van der Waals surface area contributed by atoms with Gasteiger partial charge in [-0.3, -0.25) is 4.79 Å². The molecule has 2 aliphatic rings. The summed E-state index contributed by atoms with van der Waals surface area (Å²) < 4.78 is 33.1. The first-order valence-electron chi connectivity index (χ1n) is 9.70. The van der Waals surface area contributed by atoms with Gasteiger partial charge in [-0.2, -0.15) is 4.31 Å². The number of benzene rings is 1. The molecular weight excluding hydrogens is 364 g/mol. The molecule has 27 heavy (non-hydrogen) atoms. The van der Waals surface area contributed by atoms with E-state index in [4.69, 9.17) is 4.74 Å². The van der Waals surface area contributed by atoms with Crippen LogP contribution >= 0.6 is 0 Å². The summed E-state index contributed by atoms with van der Waals surface area (Å²) in [4.78, 5) is 12.2. The van der Waals surface area contributed by atoms with Crippen molar-refractivity contribution in [3.05, 3.63) is 29.8 Å². The van der Waals surface area contributed by atoms with E-state index in [1.807, 2.05) is 19.1 Å². The lowest BCUT2D eigenvalue weighted by Gasteiger charge is -2.38. The predicted molar refractivity (Wildman–Crippen MR) is 104 cm³/mol. The second kappa shape index (κ2) is 8.29. The van der Waals surface area contributed by atoms with Gasteiger partial charge < -0.3 is 10.1 Å². The number of aryl methyl sites for hydroxylation is 1. The largest absolute Gasteiger partial charge is 0.375 e. The molecule has 6 nitrogen and oxygen atoms in total. The van der Waals surface area contributed by atoms with Crippen LogP contribution in [0.1, 0.15) is 37.7 Å². The monoisotopic (exact) mass is 394 g/mol. The van der Waals surface area contributed by atoms with Gasteiger partial charge in [0.05, 0.1) is 4.90 Å². The number of hydrogen-bond donors (Lipinski definition) is 1. The third-order valence-corrected chi connectivity index (χ3v) is 8.13. The van der Waals surface area contributed by atoms with E-state index < -0.39 is 10.0 Å². The van der Waals surface area contributed by atoms with Gasteiger partial charge in [-0.25, -0.2) is 8.42 Å². The van der Waals surface area contributed by atoms with Crippen LogP contribution in [-0.2, 0) is 19.6 Å². The lowest BCUT2D eigenvalue weighted by Crippen LogP contribution is -2.40. The van der Waals surface area contributed by atoms with Crippen LogP contribution in [0.15, 0.2) is 29.2 Å². The molecule has 1 saturated carbocycles. The molecule has 7 heteroatoms. The Labute approximate surface area is 162 Å². The number of rotatable bonds is 6. The third-order valence-electron chi connectivity index (χ3n) is 6.16. The van der Waals surface area contributed by atoms with Crippen molar-refractivity contribution in [3.8, 4) is 0 Å². The summed E-state index contributed by atoms with van der Waals surface area (Å²) in [7, 11) is -2.04. The number of amides is 1. The summed E-state index contributed by atoms with van der Waals surface area (Å²) in [5.41, 5.74) is 0.737. The second-order valence-corrected chi connectivity index (χ2v) is 9.83. The van der Waals surface area contributed by atoms with Crippen molar-refractivity contribution in [2.75, 3.05) is 33.4 Å². The Morgan fingerprint density at radius 1 is 1.26 bits per heavy atom. The Balaban J connectivity index is 1.82. The Kier molecular flexibility index (Phi) is 6.23. The Hall–Kier alpha value is -1.44. The molecule has 3 rings (SSSR count). The smallest absolute Gasteiger partial charge is 0.245 e. The van der Waals surface area contributed by atoms with Crippen LogP contribution in [-0.4, -0.2) is 52.0 Å². The van der Waals surface area contributed by atoms with Gasteiger partial charge in [0.1, 0.15) is 6.61 Å². The molecular formula is C20H30N2O4S. The number of nitrogens with one attached hydrogen (secondary N) is 1. The number of ether oxygens (including phenoxy) is 1. The molecule has 1 heterocycles. The van der Waals surface area contributed by atoms with E-state index in [1.165, 1.54) is 13.5 Å². The number of carbonyl (C=O) groups excluding carboxylic acids is 1. The third kappa shape index (κ3) is 4.20. The van der Waals surface area contributed by atoms with Crippen LogP contribution in [0.2, 0.25) is 0 Å². The average Bonchev–Trinajstić information content (AvgIpc) is 2.99. The number of sulfonamides is 1. The maximum atomic E-state index is 13.3. The molecule has 0 bridgehead atoms. The highest BCUT2D eigenvalue weighted by Crippen LogP contribution is 2.48. The molecule has 1 amide bonds. The molecule has 2 fully saturated rings. The first-order chi connectivity index (χ1) is 12.9. The highest BCUT2D eigenvalue weighted by molar-refractivity contribution is 7.89. The van der Waals surface area contributed by atoms with Crippen LogP contribution < -0.4 is 5.32 Å². The van der Waals surface area contributed by atoms with Crippen molar-refractivity contribution < 1.29 is 17.9 Å². The van der Waals surface area contributed by atoms with Crippen molar-refractivity contribution in [1.29, 1.82) is 0 Å². The van der Waals surface area contributed by atoms with Crippen LogP contribution in [0.25, 0.3) is 0 Å². The second-order valence-electron chi connectivity index (χ2n) is 7.92. The van der Waals surface area contributed by atoms with Crippen LogP contribution in [0, 0.1) is 18.3 Å². The molecule has 0 aromatic heterocycles. The molecule has 150 valence electrons. The summed E-state index contributed by atoms with van der Waals surface area (Å²) >= 11 is 0. The van der Waals surface area contributed by atoms with E-state index in [-0.39, 0.29) is 23.8 Å². The Morgan fingerprint density at radius 3 is 2.63 bits per heavy atom. The molecule has 1 atom stereocenters. The van der Waals surface area contributed by atoms with Gasteiger partial charge in [-0.1, -0.05) is 37.5 Å². The maximum absolute atomic E-state index is 13.3. The Morgan fingerprint density at radius 2 is 1.96 bits per heavy atom. The van der Waals surface area contributed by atoms with Crippen molar-refractivity contribution in [2.24, 2.45) is 11.3 Å². The van der Waals surface area contributed by atoms with Gasteiger partial charge in [-0.05, 0) is 42.7 Å². The molecule has 1 saturated heterocycles. The van der Waals surface area contributed by atoms with Crippen LogP contribution in [0.3, 0.4) is 0 Å². The molecule has 1 aromatic rings. The first kappa shape index (κ1) is 20.3. The minimum absolute atomic E-state index is 0.0327. The van der Waals surface area contributed by atoms with E-state index in [1.54, 1.807) is 16.4 Å². The fourth-order valence-electron chi connectivity index (χ4n) is 4.67. The normalized spacial score (nSPS) is 22.8. The first-order valence-corrected chi connectivity index (χ1v) is 11.1. The fraction of sp³-hybridized carbons (Fsp3) is 0.650. The number of nitrogens with zero attached hydrogens (tertiary/aromatic N) is 1. The van der Waals surface area contributed by atoms with E-state index in [0.29, 0.717) is 24.5 Å². The summed E-state index contributed by atoms with van der Waals surface area (Å²) in [6, 6.07) is 7.15. The molecule has 1 N–H and O–H groups in total. The fourth-order valence-corrected chi connectivity index (χ4v) is 6.48. The van der Waals surface area contributed by atoms with Gasteiger partial charge in [0.2, 0.25) is 15.9 Å². The maximum Gasteiger partial charge on any atom is 0.245 e. The Bertz CT molecular complexity index is 772. The summed E-state index contributed by atoms with van der Waals surface area (Å²) in [5.74, 6) is -0.0129. The van der Waals surface area contributed by atoms with Crippen LogP contribution in [0.5, 0.6) is 0 Å². The van der Waals surface area contributed by atoms with Gasteiger partial charge >= 0.3 is 0 Å².